The maximum Gasteiger partial charge on any atom is 0.226 e. The normalized spacial score (nSPS) is 15.5. The number of rotatable bonds is 8. The first-order valence-corrected chi connectivity index (χ1v) is 11.1. The lowest BCUT2D eigenvalue weighted by atomic mass is 10.1. The van der Waals surface area contributed by atoms with Gasteiger partial charge >= 0.3 is 0 Å². The second kappa shape index (κ2) is 10.8. The van der Waals surface area contributed by atoms with Crippen LogP contribution in [0.1, 0.15) is 30.1 Å². The van der Waals surface area contributed by atoms with Crippen molar-refractivity contribution in [3.63, 3.8) is 0 Å². The number of hydrogen-bond acceptors (Lipinski definition) is 5. The summed E-state index contributed by atoms with van der Waals surface area (Å²) >= 11 is 0. The number of nitrogens with zero attached hydrogens (tertiary/aromatic N) is 3. The zero-order chi connectivity index (χ0) is 22.2. The van der Waals surface area contributed by atoms with Crippen LogP contribution in [0, 0.1) is 0 Å². The zero-order valence-corrected chi connectivity index (χ0v) is 18.8. The number of oxazole rings is 1. The van der Waals surface area contributed by atoms with Crippen molar-refractivity contribution in [1.29, 1.82) is 0 Å². The van der Waals surface area contributed by atoms with Crippen LogP contribution in [0.2, 0.25) is 0 Å². The summed E-state index contributed by atoms with van der Waals surface area (Å²) in [7, 11) is 3.49. The Labute approximate surface area is 189 Å². The van der Waals surface area contributed by atoms with Crippen molar-refractivity contribution >= 4 is 5.96 Å². The van der Waals surface area contributed by atoms with Gasteiger partial charge in [-0.3, -0.25) is 9.89 Å². The Morgan fingerprint density at radius 2 is 1.94 bits per heavy atom. The lowest BCUT2D eigenvalue weighted by Crippen LogP contribution is -2.42. The number of aromatic nitrogens is 1. The van der Waals surface area contributed by atoms with E-state index in [1.54, 1.807) is 20.4 Å². The Bertz CT molecular complexity index is 1010. The number of guanidine groups is 1. The van der Waals surface area contributed by atoms with E-state index in [0.717, 1.165) is 42.6 Å². The largest absolute Gasteiger partial charge is 0.497 e. The smallest absolute Gasteiger partial charge is 0.226 e. The number of nitrogens with one attached hydrogen (secondary N) is 2. The third-order valence-corrected chi connectivity index (χ3v) is 5.76. The third-order valence-electron chi connectivity index (χ3n) is 5.76. The van der Waals surface area contributed by atoms with Crippen LogP contribution in [0.25, 0.3) is 11.5 Å². The fourth-order valence-electron chi connectivity index (χ4n) is 4.05. The Balaban J connectivity index is 1.37. The van der Waals surface area contributed by atoms with E-state index in [-0.39, 0.29) is 6.04 Å². The van der Waals surface area contributed by atoms with Gasteiger partial charge in [0.15, 0.2) is 5.96 Å². The number of benzene rings is 2. The maximum absolute atomic E-state index is 5.63. The van der Waals surface area contributed by atoms with Crippen molar-refractivity contribution in [1.82, 2.24) is 20.5 Å². The molecule has 1 aliphatic rings. The number of hydrogen-bond donors (Lipinski definition) is 2. The number of likely N-dealkylation sites (tertiary alicyclic amines) is 1. The van der Waals surface area contributed by atoms with E-state index in [0.29, 0.717) is 12.4 Å². The molecular weight excluding hydrogens is 402 g/mol. The first kappa shape index (κ1) is 21.9. The van der Waals surface area contributed by atoms with Gasteiger partial charge in [-0.25, -0.2) is 4.98 Å². The topological polar surface area (TPSA) is 74.9 Å². The molecule has 1 saturated heterocycles. The van der Waals surface area contributed by atoms with Gasteiger partial charge in [0.1, 0.15) is 12.0 Å². The van der Waals surface area contributed by atoms with Crippen molar-refractivity contribution in [2.24, 2.45) is 4.99 Å². The van der Waals surface area contributed by atoms with Crippen LogP contribution < -0.4 is 15.4 Å². The van der Waals surface area contributed by atoms with Gasteiger partial charge in [-0.1, -0.05) is 30.3 Å². The molecule has 1 aromatic heterocycles. The van der Waals surface area contributed by atoms with Crippen LogP contribution >= 0.6 is 0 Å². The van der Waals surface area contributed by atoms with E-state index in [4.69, 9.17) is 9.15 Å². The molecule has 2 heterocycles. The highest BCUT2D eigenvalue weighted by molar-refractivity contribution is 5.79. The molecule has 2 N–H and O–H groups in total. The molecule has 1 aliphatic heterocycles. The van der Waals surface area contributed by atoms with E-state index in [2.05, 4.69) is 43.7 Å². The molecule has 0 bridgehead atoms. The molecule has 1 atom stereocenters. The molecule has 2 aromatic carbocycles. The monoisotopic (exact) mass is 433 g/mol. The Morgan fingerprint density at radius 3 is 2.69 bits per heavy atom. The summed E-state index contributed by atoms with van der Waals surface area (Å²) in [5.41, 5.74) is 3.04. The van der Waals surface area contributed by atoms with Gasteiger partial charge in [-0.15, -0.1) is 0 Å². The van der Waals surface area contributed by atoms with Crippen molar-refractivity contribution in [2.75, 3.05) is 33.8 Å². The van der Waals surface area contributed by atoms with Gasteiger partial charge in [0.25, 0.3) is 0 Å². The van der Waals surface area contributed by atoms with Crippen molar-refractivity contribution in [2.45, 2.75) is 25.4 Å². The van der Waals surface area contributed by atoms with Gasteiger partial charge < -0.3 is 19.8 Å². The zero-order valence-electron chi connectivity index (χ0n) is 18.8. The quantitative estimate of drug-likeness (QED) is 0.415. The van der Waals surface area contributed by atoms with Gasteiger partial charge in [-0.05, 0) is 55.8 Å². The van der Waals surface area contributed by atoms with E-state index >= 15 is 0 Å². The SMILES string of the molecule is CN=C(NCc1coc(-c2ccccc2)n1)NCC(c1cccc(OC)c1)N1CCCC1. The van der Waals surface area contributed by atoms with E-state index in [9.17, 15) is 0 Å². The molecular formula is C25H31N5O2. The van der Waals surface area contributed by atoms with Gasteiger partial charge in [0.2, 0.25) is 5.89 Å². The fraction of sp³-hybridized carbons (Fsp3) is 0.360. The molecule has 0 saturated carbocycles. The molecule has 0 amide bonds. The second-order valence-corrected chi connectivity index (χ2v) is 7.85. The number of ether oxygens (including phenoxy) is 1. The number of aliphatic imine (C=N–C) groups is 1. The predicted octanol–water partition coefficient (Wildman–Crippen LogP) is 3.85. The summed E-state index contributed by atoms with van der Waals surface area (Å²) in [5, 5.41) is 6.83. The average molecular weight is 434 g/mol. The summed E-state index contributed by atoms with van der Waals surface area (Å²) in [4.78, 5) is 11.5. The lowest BCUT2D eigenvalue weighted by Gasteiger charge is -2.29. The molecule has 3 aromatic rings. The minimum absolute atomic E-state index is 0.253. The summed E-state index contributed by atoms with van der Waals surface area (Å²) in [6, 6.07) is 18.5. The van der Waals surface area contributed by atoms with Gasteiger partial charge in [-0.2, -0.15) is 0 Å². The highest BCUT2D eigenvalue weighted by Gasteiger charge is 2.24. The van der Waals surface area contributed by atoms with Crippen molar-refractivity contribution in [3.05, 3.63) is 72.1 Å². The van der Waals surface area contributed by atoms with Crippen LogP contribution in [-0.2, 0) is 6.54 Å². The van der Waals surface area contributed by atoms with E-state index in [1.807, 2.05) is 36.4 Å². The van der Waals surface area contributed by atoms with Gasteiger partial charge in [0, 0.05) is 19.2 Å². The highest BCUT2D eigenvalue weighted by atomic mass is 16.5. The van der Waals surface area contributed by atoms with Gasteiger partial charge in [0.05, 0.1) is 25.4 Å². The summed E-state index contributed by atoms with van der Waals surface area (Å²) in [6.45, 7) is 3.50. The molecule has 4 rings (SSSR count). The molecule has 0 aliphatic carbocycles. The molecule has 0 spiro atoms. The molecule has 1 fully saturated rings. The van der Waals surface area contributed by atoms with Crippen LogP contribution in [0.3, 0.4) is 0 Å². The highest BCUT2D eigenvalue weighted by Crippen LogP contribution is 2.27. The van der Waals surface area contributed by atoms with E-state index < -0.39 is 0 Å². The summed E-state index contributed by atoms with van der Waals surface area (Å²) in [6.07, 6.45) is 4.17. The molecule has 7 heteroatoms. The first-order chi connectivity index (χ1) is 15.8. The minimum atomic E-state index is 0.253. The fourth-order valence-corrected chi connectivity index (χ4v) is 4.05. The van der Waals surface area contributed by atoms with Crippen LogP contribution in [0.4, 0.5) is 0 Å². The Hall–Kier alpha value is -3.32. The van der Waals surface area contributed by atoms with E-state index in [1.165, 1.54) is 18.4 Å². The van der Waals surface area contributed by atoms with Crippen LogP contribution in [0.15, 0.2) is 70.3 Å². The van der Waals surface area contributed by atoms with Crippen molar-refractivity contribution < 1.29 is 9.15 Å². The van der Waals surface area contributed by atoms with Crippen molar-refractivity contribution in [3.8, 4) is 17.2 Å². The minimum Gasteiger partial charge on any atom is -0.497 e. The lowest BCUT2D eigenvalue weighted by molar-refractivity contribution is 0.245. The Kier molecular flexibility index (Phi) is 7.40. The molecule has 32 heavy (non-hydrogen) atoms. The van der Waals surface area contributed by atoms with Crippen LogP contribution in [0.5, 0.6) is 5.75 Å². The third kappa shape index (κ3) is 5.48. The standard InChI is InChI=1S/C25H31N5O2/c1-26-25(27-16-21-18-32-24(29-21)19-9-4-3-5-10-19)28-17-23(30-13-6-7-14-30)20-11-8-12-22(15-20)31-2/h3-5,8-12,15,18,23H,6-7,13-14,16-17H2,1-2H3,(H2,26,27,28). The van der Waals surface area contributed by atoms with Crippen LogP contribution in [-0.4, -0.2) is 49.6 Å². The summed E-state index contributed by atoms with van der Waals surface area (Å²) in [5.74, 6) is 2.24. The predicted molar refractivity (Wildman–Crippen MR) is 127 cm³/mol. The molecule has 0 radical (unpaired) electrons. The molecule has 168 valence electrons. The first-order valence-electron chi connectivity index (χ1n) is 11.1. The maximum atomic E-state index is 5.63. The molecule has 1 unspecified atom stereocenters. The average Bonchev–Trinajstić information content (AvgIpc) is 3.55. The Morgan fingerprint density at radius 1 is 1.12 bits per heavy atom. The summed E-state index contributed by atoms with van der Waals surface area (Å²) < 4.78 is 11.1. The molecule has 7 nitrogen and oxygen atoms in total. The number of methoxy groups -OCH3 is 1. The second-order valence-electron chi connectivity index (χ2n) is 7.85.